The van der Waals surface area contributed by atoms with Gasteiger partial charge in [-0.15, -0.1) is 0 Å². The van der Waals surface area contributed by atoms with E-state index in [1.807, 2.05) is 170 Å². The molecule has 0 bridgehead atoms. The summed E-state index contributed by atoms with van der Waals surface area (Å²) in [7, 11) is 0. The average Bonchev–Trinajstić information content (AvgIpc) is 1.71. The molecule has 0 amide bonds. The molecule has 0 unspecified atom stereocenters. The molecule has 0 saturated heterocycles. The second kappa shape index (κ2) is 27.8. The van der Waals surface area contributed by atoms with Crippen LogP contribution in [0.15, 0.2) is 415 Å². The highest BCUT2D eigenvalue weighted by atomic mass is 16.1. The number of nitrogens with zero attached hydrogens (tertiary/aromatic N) is 6. The predicted octanol–water partition coefficient (Wildman–Crippen LogP) is 25.8. The molecule has 546 valence electrons. The SMILES string of the molecule is O=c1c2cc(-c3ccccc3)cc3c(-c4ccccc4)ccc(c32)c2nc3c(-c4ccccc4)cccc3n12.O=c1c2cc(-c3ccccc3)cc3c(-c4ccccc4)ccc(c32)c2nc3cc(-c4ccccc4)ccc3n12.O=c1c2cc(-c3ccccc3)cc3c(-c4ccccc4)ccc(c32)c2nc3ccc(-c4ccccc4)cc3n12. The van der Waals surface area contributed by atoms with Crippen LogP contribution in [-0.2, 0) is 0 Å². The van der Waals surface area contributed by atoms with Gasteiger partial charge in [0.2, 0.25) is 0 Å². The molecule has 0 N–H and O–H groups in total. The number of rotatable bonds is 9. The minimum Gasteiger partial charge on any atom is -0.268 e. The maximum atomic E-state index is 14.4. The van der Waals surface area contributed by atoms with E-state index in [9.17, 15) is 14.4 Å². The number of aromatic nitrogens is 6. The summed E-state index contributed by atoms with van der Waals surface area (Å²) in [6.07, 6.45) is 0. The van der Waals surface area contributed by atoms with Crippen LogP contribution < -0.4 is 16.7 Å². The number of pyridine rings is 3. The molecule has 24 rings (SSSR count). The van der Waals surface area contributed by atoms with Crippen molar-refractivity contribution in [1.82, 2.24) is 28.2 Å². The minimum absolute atomic E-state index is 0.0412. The Kier molecular flexibility index (Phi) is 16.2. The summed E-state index contributed by atoms with van der Waals surface area (Å²) in [5, 5.41) is 11.1. The lowest BCUT2D eigenvalue weighted by Gasteiger charge is -2.14. The second-order valence-corrected chi connectivity index (χ2v) is 29.9. The molecule has 0 fully saturated rings. The van der Waals surface area contributed by atoms with Gasteiger partial charge in [-0.05, 0) is 196 Å². The predicted molar refractivity (Wildman–Crippen MR) is 484 cm³/mol. The Hall–Kier alpha value is -15.8. The van der Waals surface area contributed by atoms with Gasteiger partial charge >= 0.3 is 0 Å². The van der Waals surface area contributed by atoms with Crippen molar-refractivity contribution >= 4 is 115 Å². The van der Waals surface area contributed by atoms with Gasteiger partial charge in [-0.1, -0.05) is 315 Å². The van der Waals surface area contributed by atoms with E-state index in [1.54, 1.807) is 13.2 Å². The van der Waals surface area contributed by atoms with Crippen molar-refractivity contribution in [2.45, 2.75) is 0 Å². The molecular weight excluding hydrogens is 1430 g/mol. The van der Waals surface area contributed by atoms with Crippen molar-refractivity contribution in [1.29, 1.82) is 0 Å². The summed E-state index contributed by atoms with van der Waals surface area (Å²) in [6, 6.07) is 137. The molecule has 9 nitrogen and oxygen atoms in total. The Balaban J connectivity index is 0.000000106. The smallest absolute Gasteiger partial charge is 0.264 e. The van der Waals surface area contributed by atoms with Crippen LogP contribution in [0.3, 0.4) is 0 Å². The fourth-order valence-electron chi connectivity index (χ4n) is 17.8. The zero-order chi connectivity index (χ0) is 77.8. The number of imidazole rings is 3. The molecule has 9 heteroatoms. The van der Waals surface area contributed by atoms with Crippen molar-refractivity contribution in [3.63, 3.8) is 0 Å². The van der Waals surface area contributed by atoms with Gasteiger partial charge in [-0.2, -0.15) is 0 Å². The molecule has 0 aliphatic carbocycles. The van der Waals surface area contributed by atoms with Gasteiger partial charge in [0.1, 0.15) is 16.9 Å². The fraction of sp³-hybridized carbons (Fsp3) is 0. The first-order valence-corrected chi connectivity index (χ1v) is 39.3. The molecule has 0 atom stereocenters. The maximum absolute atomic E-state index is 14.4. The van der Waals surface area contributed by atoms with Crippen LogP contribution in [0.1, 0.15) is 0 Å². The Morgan fingerprint density at radius 1 is 0.171 bits per heavy atom. The van der Waals surface area contributed by atoms with Gasteiger partial charge in [0.05, 0.1) is 33.1 Å². The van der Waals surface area contributed by atoms with E-state index >= 15 is 0 Å². The molecule has 0 spiro atoms. The minimum atomic E-state index is -0.0433. The number of benzene rings is 18. The molecule has 117 heavy (non-hydrogen) atoms. The highest BCUT2D eigenvalue weighted by Crippen LogP contribution is 2.45. The first-order chi connectivity index (χ1) is 57.8. The van der Waals surface area contributed by atoms with Crippen molar-refractivity contribution in [3.05, 3.63) is 431 Å². The molecule has 6 aromatic heterocycles. The number of hydrogen-bond donors (Lipinski definition) is 0. The van der Waals surface area contributed by atoms with E-state index in [0.29, 0.717) is 33.1 Å². The third-order valence-electron chi connectivity index (χ3n) is 23.2. The molecule has 0 saturated carbocycles. The van der Waals surface area contributed by atoms with Gasteiger partial charge < -0.3 is 0 Å². The summed E-state index contributed by atoms with van der Waals surface area (Å²) >= 11 is 0. The third-order valence-corrected chi connectivity index (χ3v) is 23.2. The van der Waals surface area contributed by atoms with Crippen molar-refractivity contribution in [2.75, 3.05) is 0 Å². The monoisotopic (exact) mass is 1490 g/mol. The van der Waals surface area contributed by atoms with E-state index in [1.165, 1.54) is 0 Å². The molecule has 0 aliphatic rings. The lowest BCUT2D eigenvalue weighted by molar-refractivity contribution is 1.19. The van der Waals surface area contributed by atoms with Crippen LogP contribution in [-0.4, -0.2) is 28.2 Å². The topological polar surface area (TPSA) is 103 Å². The van der Waals surface area contributed by atoms with Crippen molar-refractivity contribution in [2.24, 2.45) is 0 Å². The largest absolute Gasteiger partial charge is 0.268 e. The summed E-state index contributed by atoms with van der Waals surface area (Å²) < 4.78 is 5.39. The lowest BCUT2D eigenvalue weighted by Crippen LogP contribution is -2.13. The van der Waals surface area contributed by atoms with Crippen LogP contribution in [0.4, 0.5) is 0 Å². The van der Waals surface area contributed by atoms with Crippen LogP contribution in [0.25, 0.3) is 215 Å². The average molecular weight is 1500 g/mol. The van der Waals surface area contributed by atoms with Crippen LogP contribution in [0, 0.1) is 0 Å². The fourth-order valence-corrected chi connectivity index (χ4v) is 17.8. The van der Waals surface area contributed by atoms with E-state index < -0.39 is 0 Å². The Morgan fingerprint density at radius 2 is 0.470 bits per heavy atom. The highest BCUT2D eigenvalue weighted by Gasteiger charge is 2.25. The van der Waals surface area contributed by atoms with E-state index in [0.717, 1.165) is 182 Å². The third kappa shape index (κ3) is 11.4. The highest BCUT2D eigenvalue weighted by molar-refractivity contribution is 6.24. The van der Waals surface area contributed by atoms with Gasteiger partial charge in [0, 0.05) is 54.0 Å². The molecule has 0 aliphatic heterocycles. The number of fused-ring (bicyclic) bond motifs is 12. The maximum Gasteiger partial charge on any atom is 0.264 e. The summed E-state index contributed by atoms with van der Waals surface area (Å²) in [4.78, 5) is 58.2. The summed E-state index contributed by atoms with van der Waals surface area (Å²) in [6.45, 7) is 0. The molecular formula is C108H66N6O3. The number of hydrogen-bond acceptors (Lipinski definition) is 6. The Labute approximate surface area is 670 Å². The van der Waals surface area contributed by atoms with Crippen LogP contribution in [0.2, 0.25) is 0 Å². The molecule has 24 aromatic rings. The van der Waals surface area contributed by atoms with Crippen molar-refractivity contribution in [3.8, 4) is 100 Å². The van der Waals surface area contributed by atoms with Gasteiger partial charge in [0.25, 0.3) is 16.7 Å². The normalized spacial score (nSPS) is 11.7. The molecule has 0 radical (unpaired) electrons. The number of para-hydroxylation sites is 1. The van der Waals surface area contributed by atoms with Gasteiger partial charge in [-0.3, -0.25) is 27.6 Å². The van der Waals surface area contributed by atoms with Gasteiger partial charge in [0.15, 0.2) is 0 Å². The zero-order valence-electron chi connectivity index (χ0n) is 63.0. The van der Waals surface area contributed by atoms with Crippen molar-refractivity contribution < 1.29 is 0 Å². The van der Waals surface area contributed by atoms with Gasteiger partial charge in [-0.25, -0.2) is 15.0 Å². The van der Waals surface area contributed by atoms with Crippen LogP contribution >= 0.6 is 0 Å². The van der Waals surface area contributed by atoms with E-state index in [2.05, 4.69) is 231 Å². The summed E-state index contributed by atoms with van der Waals surface area (Å²) in [5.41, 5.74) is 26.4. The van der Waals surface area contributed by atoms with Crippen LogP contribution in [0.5, 0.6) is 0 Å². The van der Waals surface area contributed by atoms with E-state index in [-0.39, 0.29) is 16.7 Å². The zero-order valence-corrected chi connectivity index (χ0v) is 63.0. The Morgan fingerprint density at radius 3 is 0.855 bits per heavy atom. The first kappa shape index (κ1) is 68.0. The standard InChI is InChI=1S/3C36H22N2O/c39-36-31-22-26(23-11-4-1-5-12-23)21-30-27(24-13-6-2-7-14-24)19-20-29(33(30)31)35-37-34-28(25-15-8-3-9-16-25)17-10-18-32(34)38(35)36;39-36-31-21-27(24-12-6-2-7-13-24)20-30-28(25-14-8-3-9-15-25)17-18-29(34(30)31)35-37-32-22-26(16-19-33(32)38(35)36)23-10-4-1-5-11-23;39-36-31-21-27(24-12-6-2-7-13-24)20-30-28(25-14-8-3-9-15-25)17-18-29(34(30)31)35-37-32-19-16-26(22-33(32)38(35)36)23-10-4-1-5-11-23/h3*1-22H. The quantitative estimate of drug-likeness (QED) is 0.143. The molecule has 6 heterocycles. The first-order valence-electron chi connectivity index (χ1n) is 39.3. The molecule has 18 aromatic carbocycles. The second-order valence-electron chi connectivity index (χ2n) is 29.9. The lowest BCUT2D eigenvalue weighted by atomic mass is 9.91. The van der Waals surface area contributed by atoms with E-state index in [4.69, 9.17) is 15.0 Å². The summed E-state index contributed by atoms with van der Waals surface area (Å²) in [5.74, 6) is 0. The Bertz CT molecular complexity index is 8030.